The number of hydrogen-bond donors (Lipinski definition) is 0. The van der Waals surface area contributed by atoms with Gasteiger partial charge in [0.25, 0.3) is 0 Å². The Morgan fingerprint density at radius 2 is 2.31 bits per heavy atom. The van der Waals surface area contributed by atoms with Gasteiger partial charge in [-0.3, -0.25) is 4.79 Å². The fraction of sp³-hybridized carbons (Fsp3) is 0. The third-order valence-corrected chi connectivity index (χ3v) is 4.24. The molecule has 0 fully saturated rings. The van der Waals surface area contributed by atoms with Crippen LogP contribution in [0.4, 0.5) is 4.39 Å². The molecule has 0 aliphatic rings. The van der Waals surface area contributed by atoms with Gasteiger partial charge in [0.05, 0.1) is 4.70 Å². The van der Waals surface area contributed by atoms with Crippen molar-refractivity contribution in [3.63, 3.8) is 0 Å². The Hall–Kier alpha value is -0.490. The van der Waals surface area contributed by atoms with Crippen LogP contribution >= 0.6 is 33.9 Å². The molecular weight excluding hydrogens is 302 g/mol. The lowest BCUT2D eigenvalue weighted by Crippen LogP contribution is -1.88. The van der Waals surface area contributed by atoms with Gasteiger partial charge in [-0.15, -0.1) is 11.3 Å². The van der Waals surface area contributed by atoms with E-state index in [0.717, 1.165) is 8.27 Å². The number of benzene rings is 1. The number of thiophene rings is 1. The lowest BCUT2D eigenvalue weighted by molar-refractivity contribution is 0.112. The summed E-state index contributed by atoms with van der Waals surface area (Å²) in [5, 5.41) is 2.42. The first-order valence-corrected chi connectivity index (χ1v) is 5.50. The molecule has 0 saturated heterocycles. The zero-order valence-corrected chi connectivity index (χ0v) is 9.36. The number of fused-ring (bicyclic) bond motifs is 1. The standard InChI is InChI=1S/C9H4FIOS/c10-7-3-5(4-12)8(11)9-6(7)1-2-13-9/h1-4H. The summed E-state index contributed by atoms with van der Waals surface area (Å²) in [5.74, 6) is -0.321. The summed E-state index contributed by atoms with van der Waals surface area (Å²) in [7, 11) is 0. The minimum Gasteiger partial charge on any atom is -0.298 e. The van der Waals surface area contributed by atoms with Crippen molar-refractivity contribution in [2.24, 2.45) is 0 Å². The van der Waals surface area contributed by atoms with Crippen molar-refractivity contribution < 1.29 is 9.18 Å². The van der Waals surface area contributed by atoms with E-state index in [9.17, 15) is 9.18 Å². The van der Waals surface area contributed by atoms with Crippen molar-refractivity contribution in [2.45, 2.75) is 0 Å². The fourth-order valence-corrected chi connectivity index (χ4v) is 2.97. The Bertz CT molecular complexity index is 478. The number of rotatable bonds is 1. The summed E-state index contributed by atoms with van der Waals surface area (Å²) in [6, 6.07) is 3.01. The van der Waals surface area contributed by atoms with E-state index in [1.54, 1.807) is 6.07 Å². The molecule has 2 rings (SSSR count). The van der Waals surface area contributed by atoms with Crippen LogP contribution in [0.3, 0.4) is 0 Å². The van der Waals surface area contributed by atoms with Gasteiger partial charge in [0.1, 0.15) is 5.82 Å². The van der Waals surface area contributed by atoms with E-state index in [-0.39, 0.29) is 5.82 Å². The van der Waals surface area contributed by atoms with Crippen LogP contribution < -0.4 is 0 Å². The summed E-state index contributed by atoms with van der Waals surface area (Å²) < 4.78 is 15.0. The van der Waals surface area contributed by atoms with E-state index >= 15 is 0 Å². The smallest absolute Gasteiger partial charge is 0.151 e. The molecule has 0 aliphatic carbocycles. The Balaban J connectivity index is 2.93. The molecule has 1 heterocycles. The third-order valence-electron chi connectivity index (χ3n) is 1.78. The van der Waals surface area contributed by atoms with Gasteiger partial charge in [-0.05, 0) is 40.1 Å². The zero-order valence-electron chi connectivity index (χ0n) is 6.38. The maximum atomic E-state index is 13.3. The molecule has 1 nitrogen and oxygen atoms in total. The molecule has 0 amide bonds. The Labute approximate surface area is 91.7 Å². The van der Waals surface area contributed by atoms with Crippen LogP contribution in [-0.2, 0) is 0 Å². The highest BCUT2D eigenvalue weighted by atomic mass is 127. The molecule has 0 N–H and O–H groups in total. The second kappa shape index (κ2) is 3.34. The maximum absolute atomic E-state index is 13.3. The predicted octanol–water partition coefficient (Wildman–Crippen LogP) is 3.46. The van der Waals surface area contributed by atoms with E-state index in [0.29, 0.717) is 17.2 Å². The molecule has 0 aliphatic heterocycles. The van der Waals surface area contributed by atoms with Gasteiger partial charge in [0, 0.05) is 14.5 Å². The number of hydrogen-bond acceptors (Lipinski definition) is 2. The van der Waals surface area contributed by atoms with E-state index in [2.05, 4.69) is 22.6 Å². The fourth-order valence-electron chi connectivity index (χ4n) is 1.16. The summed E-state index contributed by atoms with van der Waals surface area (Å²) in [5.41, 5.74) is 0.424. The molecule has 0 radical (unpaired) electrons. The highest BCUT2D eigenvalue weighted by Gasteiger charge is 2.10. The van der Waals surface area contributed by atoms with Crippen LogP contribution in [0.5, 0.6) is 0 Å². The van der Waals surface area contributed by atoms with Crippen molar-refractivity contribution in [1.82, 2.24) is 0 Å². The Morgan fingerprint density at radius 3 is 3.00 bits per heavy atom. The van der Waals surface area contributed by atoms with Crippen LogP contribution in [0.25, 0.3) is 10.1 Å². The lowest BCUT2D eigenvalue weighted by Gasteiger charge is -1.99. The molecule has 4 heteroatoms. The van der Waals surface area contributed by atoms with Crippen LogP contribution in [0, 0.1) is 9.39 Å². The van der Waals surface area contributed by atoms with E-state index in [4.69, 9.17) is 0 Å². The maximum Gasteiger partial charge on any atom is 0.151 e. The second-order valence-corrected chi connectivity index (χ2v) is 4.54. The highest BCUT2D eigenvalue weighted by Crippen LogP contribution is 2.30. The molecule has 0 spiro atoms. The molecule has 0 atom stereocenters. The average molecular weight is 306 g/mol. The molecule has 2 aromatic rings. The normalized spacial score (nSPS) is 10.6. The molecule has 1 aromatic heterocycles. The molecule has 0 saturated carbocycles. The summed E-state index contributed by atoms with van der Waals surface area (Å²) in [6.45, 7) is 0. The highest BCUT2D eigenvalue weighted by molar-refractivity contribution is 14.1. The Kier molecular flexibility index (Phi) is 2.33. The lowest BCUT2D eigenvalue weighted by atomic mass is 10.2. The zero-order chi connectivity index (χ0) is 9.42. The van der Waals surface area contributed by atoms with Crippen molar-refractivity contribution in [3.8, 4) is 0 Å². The van der Waals surface area contributed by atoms with Crippen LogP contribution in [0.1, 0.15) is 10.4 Å². The molecule has 1 aromatic carbocycles. The monoisotopic (exact) mass is 306 g/mol. The first-order chi connectivity index (χ1) is 6.24. The second-order valence-electron chi connectivity index (χ2n) is 2.54. The van der Waals surface area contributed by atoms with Crippen LogP contribution in [-0.4, -0.2) is 6.29 Å². The van der Waals surface area contributed by atoms with Gasteiger partial charge in [-0.2, -0.15) is 0 Å². The molecule has 66 valence electrons. The largest absolute Gasteiger partial charge is 0.298 e. The average Bonchev–Trinajstić information content (AvgIpc) is 2.60. The molecule has 0 bridgehead atoms. The summed E-state index contributed by atoms with van der Waals surface area (Å²) in [4.78, 5) is 10.6. The van der Waals surface area contributed by atoms with Gasteiger partial charge in [-0.25, -0.2) is 4.39 Å². The summed E-state index contributed by atoms with van der Waals surface area (Å²) >= 11 is 3.52. The number of carbonyl (C=O) groups is 1. The minimum atomic E-state index is -0.321. The van der Waals surface area contributed by atoms with Crippen LogP contribution in [0.2, 0.25) is 0 Å². The first kappa shape index (κ1) is 9.08. The van der Waals surface area contributed by atoms with E-state index in [1.165, 1.54) is 17.4 Å². The molecule has 0 unspecified atom stereocenters. The van der Waals surface area contributed by atoms with Crippen molar-refractivity contribution in [1.29, 1.82) is 0 Å². The topological polar surface area (TPSA) is 17.1 Å². The number of carbonyl (C=O) groups excluding carboxylic acids is 1. The molecule has 13 heavy (non-hydrogen) atoms. The number of halogens is 2. The van der Waals surface area contributed by atoms with Crippen LogP contribution in [0.15, 0.2) is 17.5 Å². The van der Waals surface area contributed by atoms with Gasteiger partial charge < -0.3 is 0 Å². The van der Waals surface area contributed by atoms with Gasteiger partial charge in [-0.1, -0.05) is 0 Å². The predicted molar refractivity (Wildman–Crippen MR) is 59.9 cm³/mol. The Morgan fingerprint density at radius 1 is 1.54 bits per heavy atom. The SMILES string of the molecule is O=Cc1cc(F)c2ccsc2c1I. The van der Waals surface area contributed by atoms with Gasteiger partial charge >= 0.3 is 0 Å². The number of aldehydes is 1. The molecular formula is C9H4FIOS. The van der Waals surface area contributed by atoms with Crippen molar-refractivity contribution >= 4 is 50.3 Å². The van der Waals surface area contributed by atoms with Gasteiger partial charge in [0.2, 0.25) is 0 Å². The van der Waals surface area contributed by atoms with E-state index < -0.39 is 0 Å². The minimum absolute atomic E-state index is 0.321. The van der Waals surface area contributed by atoms with Crippen molar-refractivity contribution in [2.75, 3.05) is 0 Å². The summed E-state index contributed by atoms with van der Waals surface area (Å²) in [6.07, 6.45) is 0.685. The van der Waals surface area contributed by atoms with Gasteiger partial charge in [0.15, 0.2) is 6.29 Å². The van der Waals surface area contributed by atoms with Crippen molar-refractivity contribution in [3.05, 3.63) is 32.5 Å². The third kappa shape index (κ3) is 1.38. The van der Waals surface area contributed by atoms with E-state index in [1.807, 2.05) is 5.38 Å². The first-order valence-electron chi connectivity index (χ1n) is 3.54. The quantitative estimate of drug-likeness (QED) is 0.582.